The summed E-state index contributed by atoms with van der Waals surface area (Å²) in [5.41, 5.74) is 0.764. The van der Waals surface area contributed by atoms with Crippen molar-refractivity contribution in [1.29, 1.82) is 0 Å². The van der Waals surface area contributed by atoms with Crippen molar-refractivity contribution >= 4 is 62.3 Å². The molecule has 0 bridgehead atoms. The fraction of sp³-hybridized carbons (Fsp3) is 0.391. The van der Waals surface area contributed by atoms with Crippen molar-refractivity contribution in [3.63, 3.8) is 0 Å². The summed E-state index contributed by atoms with van der Waals surface area (Å²) < 4.78 is 26.1. The molecule has 1 N–H and O–H groups in total. The largest absolute Gasteiger partial charge is 0.352 e. The van der Waals surface area contributed by atoms with E-state index in [1.54, 1.807) is 31.2 Å². The van der Waals surface area contributed by atoms with Crippen LogP contribution in [0.1, 0.15) is 32.8 Å². The number of rotatable bonds is 10. The predicted octanol–water partition coefficient (Wildman–Crippen LogP) is 4.74. The highest BCUT2D eigenvalue weighted by molar-refractivity contribution is 7.92. The Hall–Kier alpha value is -2.00. The maximum Gasteiger partial charge on any atom is 0.244 e. The van der Waals surface area contributed by atoms with Crippen LogP contribution in [0.5, 0.6) is 0 Å². The summed E-state index contributed by atoms with van der Waals surface area (Å²) in [5, 5.41) is 3.72. The number of carbonyl (C=O) groups excluding carboxylic acids is 2. The Balaban J connectivity index is 2.43. The molecule has 2 atom stereocenters. The van der Waals surface area contributed by atoms with E-state index in [0.717, 1.165) is 17.0 Å². The highest BCUT2D eigenvalue weighted by Gasteiger charge is 2.31. The lowest BCUT2D eigenvalue weighted by Gasteiger charge is -2.32. The van der Waals surface area contributed by atoms with Crippen molar-refractivity contribution in [2.75, 3.05) is 17.1 Å². The van der Waals surface area contributed by atoms with Crippen molar-refractivity contribution in [3.05, 3.63) is 63.1 Å². The Morgan fingerprint density at radius 2 is 1.68 bits per heavy atom. The van der Waals surface area contributed by atoms with Crippen LogP contribution in [0, 0.1) is 0 Å². The molecular weight excluding hydrogens is 521 g/mol. The van der Waals surface area contributed by atoms with Crippen molar-refractivity contribution in [1.82, 2.24) is 10.2 Å². The van der Waals surface area contributed by atoms with E-state index in [1.165, 1.54) is 23.1 Å². The standard InChI is InChI=1S/C23H28Cl3N3O4S/c1-5-15(2)27-23(31)16(3)28(13-17-7-6-8-18(24)11-17)22(30)14-29(34(4,32)33)21-12-19(25)9-10-20(21)26/h6-12,15-16H,5,13-14H2,1-4H3,(H,27,31). The number of hydrogen-bond donors (Lipinski definition) is 1. The Labute approximate surface area is 216 Å². The van der Waals surface area contributed by atoms with Gasteiger partial charge in [0.15, 0.2) is 0 Å². The molecule has 0 fully saturated rings. The van der Waals surface area contributed by atoms with E-state index in [0.29, 0.717) is 10.6 Å². The molecule has 186 valence electrons. The van der Waals surface area contributed by atoms with Crippen molar-refractivity contribution in [2.45, 2.75) is 45.8 Å². The van der Waals surface area contributed by atoms with Gasteiger partial charge in [-0.2, -0.15) is 0 Å². The molecule has 0 aliphatic rings. The molecule has 0 saturated carbocycles. The van der Waals surface area contributed by atoms with Crippen LogP contribution in [0.4, 0.5) is 5.69 Å². The Bertz CT molecular complexity index is 1140. The summed E-state index contributed by atoms with van der Waals surface area (Å²) in [5.74, 6) is -0.940. The number of sulfonamides is 1. The molecule has 2 aromatic carbocycles. The predicted molar refractivity (Wildman–Crippen MR) is 138 cm³/mol. The molecular formula is C23H28Cl3N3O4S. The SMILES string of the molecule is CCC(C)NC(=O)C(C)N(Cc1cccc(Cl)c1)C(=O)CN(c1cc(Cl)ccc1Cl)S(C)(=O)=O. The van der Waals surface area contributed by atoms with E-state index in [2.05, 4.69) is 5.32 Å². The van der Waals surface area contributed by atoms with Crippen molar-refractivity contribution in [3.8, 4) is 0 Å². The van der Waals surface area contributed by atoms with E-state index in [1.807, 2.05) is 13.8 Å². The summed E-state index contributed by atoms with van der Waals surface area (Å²) in [6.07, 6.45) is 1.69. The van der Waals surface area contributed by atoms with Gasteiger partial charge < -0.3 is 10.2 Å². The van der Waals surface area contributed by atoms with Gasteiger partial charge >= 0.3 is 0 Å². The van der Waals surface area contributed by atoms with Crippen LogP contribution >= 0.6 is 34.8 Å². The summed E-state index contributed by atoms with van der Waals surface area (Å²) >= 11 is 18.4. The minimum absolute atomic E-state index is 0.0510. The van der Waals surface area contributed by atoms with Gasteiger partial charge in [0, 0.05) is 22.6 Å². The van der Waals surface area contributed by atoms with Crippen LogP contribution in [0.15, 0.2) is 42.5 Å². The lowest BCUT2D eigenvalue weighted by molar-refractivity contribution is -0.139. The average molecular weight is 549 g/mol. The second-order valence-electron chi connectivity index (χ2n) is 8.01. The summed E-state index contributed by atoms with van der Waals surface area (Å²) in [6.45, 7) is 4.87. The zero-order chi connectivity index (χ0) is 25.6. The summed E-state index contributed by atoms with van der Waals surface area (Å²) in [6, 6.07) is 10.3. The number of halogens is 3. The van der Waals surface area contributed by atoms with E-state index in [-0.39, 0.29) is 34.2 Å². The third-order valence-electron chi connectivity index (χ3n) is 5.27. The van der Waals surface area contributed by atoms with Gasteiger partial charge in [-0.3, -0.25) is 13.9 Å². The molecule has 0 aliphatic carbocycles. The fourth-order valence-corrected chi connectivity index (χ4v) is 4.65. The average Bonchev–Trinajstić information content (AvgIpc) is 2.76. The van der Waals surface area contributed by atoms with E-state index < -0.39 is 28.5 Å². The van der Waals surface area contributed by atoms with E-state index in [9.17, 15) is 18.0 Å². The fourth-order valence-electron chi connectivity index (χ4n) is 3.15. The van der Waals surface area contributed by atoms with Gasteiger partial charge in [-0.05, 0) is 56.2 Å². The maximum atomic E-state index is 13.5. The first kappa shape index (κ1) is 28.2. The number of hydrogen-bond acceptors (Lipinski definition) is 4. The number of nitrogens with one attached hydrogen (secondary N) is 1. The van der Waals surface area contributed by atoms with E-state index >= 15 is 0 Å². The van der Waals surface area contributed by atoms with Crippen LogP contribution in [-0.2, 0) is 26.2 Å². The number of benzene rings is 2. The molecule has 11 heteroatoms. The smallest absolute Gasteiger partial charge is 0.244 e. The number of anilines is 1. The van der Waals surface area contributed by atoms with Crippen LogP contribution in [0.3, 0.4) is 0 Å². The zero-order valence-electron chi connectivity index (χ0n) is 19.4. The van der Waals surface area contributed by atoms with Gasteiger partial charge in [-0.1, -0.05) is 53.9 Å². The third-order valence-corrected chi connectivity index (χ3v) is 7.18. The van der Waals surface area contributed by atoms with Crippen molar-refractivity contribution < 1.29 is 18.0 Å². The highest BCUT2D eigenvalue weighted by atomic mass is 35.5. The molecule has 2 aromatic rings. The van der Waals surface area contributed by atoms with Crippen LogP contribution < -0.4 is 9.62 Å². The van der Waals surface area contributed by atoms with Gasteiger partial charge in [0.05, 0.1) is 17.0 Å². The lowest BCUT2D eigenvalue weighted by atomic mass is 10.1. The molecule has 2 unspecified atom stereocenters. The quantitative estimate of drug-likeness (QED) is 0.464. The zero-order valence-corrected chi connectivity index (χ0v) is 22.5. The molecule has 0 heterocycles. The lowest BCUT2D eigenvalue weighted by Crippen LogP contribution is -2.52. The molecule has 34 heavy (non-hydrogen) atoms. The second-order valence-corrected chi connectivity index (χ2v) is 11.2. The van der Waals surface area contributed by atoms with Crippen molar-refractivity contribution in [2.24, 2.45) is 0 Å². The number of amides is 2. The first-order chi connectivity index (χ1) is 15.8. The minimum atomic E-state index is -3.91. The highest BCUT2D eigenvalue weighted by Crippen LogP contribution is 2.31. The first-order valence-electron chi connectivity index (χ1n) is 10.6. The molecule has 0 saturated heterocycles. The Kier molecular flexibility index (Phi) is 10.1. The molecule has 0 radical (unpaired) electrons. The Morgan fingerprint density at radius 3 is 2.26 bits per heavy atom. The topological polar surface area (TPSA) is 86.8 Å². The monoisotopic (exact) mass is 547 g/mol. The molecule has 0 spiro atoms. The number of carbonyl (C=O) groups is 2. The molecule has 7 nitrogen and oxygen atoms in total. The molecule has 2 amide bonds. The van der Waals surface area contributed by atoms with Crippen LogP contribution in [-0.4, -0.2) is 50.0 Å². The molecule has 0 aromatic heterocycles. The van der Waals surface area contributed by atoms with Crippen LogP contribution in [0.25, 0.3) is 0 Å². The maximum absolute atomic E-state index is 13.5. The van der Waals surface area contributed by atoms with Gasteiger partial charge in [0.25, 0.3) is 0 Å². The number of nitrogens with zero attached hydrogens (tertiary/aromatic N) is 2. The first-order valence-corrected chi connectivity index (χ1v) is 13.6. The van der Waals surface area contributed by atoms with Gasteiger partial charge in [-0.15, -0.1) is 0 Å². The normalized spacial score (nSPS) is 13.1. The third kappa shape index (κ3) is 7.77. The van der Waals surface area contributed by atoms with Gasteiger partial charge in [-0.25, -0.2) is 8.42 Å². The second kappa shape index (κ2) is 12.1. The summed E-state index contributed by atoms with van der Waals surface area (Å²) in [7, 11) is -3.91. The molecule has 0 aliphatic heterocycles. The molecule has 2 rings (SSSR count). The Morgan fingerprint density at radius 1 is 1.03 bits per heavy atom. The minimum Gasteiger partial charge on any atom is -0.352 e. The van der Waals surface area contributed by atoms with Gasteiger partial charge in [0.2, 0.25) is 21.8 Å². The van der Waals surface area contributed by atoms with Crippen LogP contribution in [0.2, 0.25) is 15.1 Å². The summed E-state index contributed by atoms with van der Waals surface area (Å²) in [4.78, 5) is 27.7. The van der Waals surface area contributed by atoms with Gasteiger partial charge in [0.1, 0.15) is 12.6 Å². The van der Waals surface area contributed by atoms with E-state index in [4.69, 9.17) is 34.8 Å².